The number of methoxy groups -OCH3 is 1. The third-order valence-electron chi connectivity index (χ3n) is 1.97. The van der Waals surface area contributed by atoms with Crippen LogP contribution in [0, 0.1) is 0 Å². The van der Waals surface area contributed by atoms with E-state index in [0.717, 1.165) is 0 Å². The van der Waals surface area contributed by atoms with Gasteiger partial charge in [0.25, 0.3) is 0 Å². The Morgan fingerprint density at radius 2 is 1.94 bits per heavy atom. The summed E-state index contributed by atoms with van der Waals surface area (Å²) < 4.78 is 50.4. The Kier molecular flexibility index (Phi) is 5.03. The summed E-state index contributed by atoms with van der Waals surface area (Å²) in [5.74, 6) is -0.383. The van der Waals surface area contributed by atoms with Gasteiger partial charge in [0.15, 0.2) is 11.5 Å². The molecular formula is C12H13F3O3. The van der Waals surface area contributed by atoms with Crippen LogP contribution in [0.3, 0.4) is 0 Å². The van der Waals surface area contributed by atoms with Crippen LogP contribution >= 0.6 is 0 Å². The minimum Gasteiger partial charge on any atom is -0.487 e. The van der Waals surface area contributed by atoms with Gasteiger partial charge in [0.1, 0.15) is 6.61 Å². The number of halogens is 3. The summed E-state index contributed by atoms with van der Waals surface area (Å²) >= 11 is 0. The van der Waals surface area contributed by atoms with Crippen molar-refractivity contribution in [3.63, 3.8) is 0 Å². The van der Waals surface area contributed by atoms with Crippen LogP contribution in [0.4, 0.5) is 13.2 Å². The topological polar surface area (TPSA) is 27.7 Å². The van der Waals surface area contributed by atoms with E-state index in [2.05, 4.69) is 11.3 Å². The monoisotopic (exact) mass is 262 g/mol. The van der Waals surface area contributed by atoms with Crippen LogP contribution in [0.25, 0.3) is 6.08 Å². The molecule has 1 aromatic carbocycles. The second-order valence-electron chi connectivity index (χ2n) is 3.30. The lowest BCUT2D eigenvalue weighted by atomic mass is 10.2. The molecule has 100 valence electrons. The lowest BCUT2D eigenvalue weighted by Gasteiger charge is -2.14. The average Bonchev–Trinajstić information content (AvgIpc) is 2.29. The van der Waals surface area contributed by atoms with Gasteiger partial charge in [-0.3, -0.25) is 0 Å². The molecule has 0 radical (unpaired) electrons. The molecule has 1 aromatic rings. The highest BCUT2D eigenvalue weighted by atomic mass is 19.4. The van der Waals surface area contributed by atoms with Gasteiger partial charge in [-0.05, 0) is 17.7 Å². The van der Waals surface area contributed by atoms with Crippen LogP contribution < -0.4 is 9.47 Å². The van der Waals surface area contributed by atoms with Crippen molar-refractivity contribution in [3.05, 3.63) is 30.3 Å². The Labute approximate surface area is 103 Å². The van der Waals surface area contributed by atoms with Crippen molar-refractivity contribution >= 4 is 6.08 Å². The first-order chi connectivity index (χ1) is 8.46. The number of ether oxygens (including phenoxy) is 3. The molecule has 0 bridgehead atoms. The summed E-state index contributed by atoms with van der Waals surface area (Å²) in [6.07, 6.45) is -3.35. The largest absolute Gasteiger partial charge is 0.573 e. The van der Waals surface area contributed by atoms with Crippen molar-refractivity contribution in [1.82, 2.24) is 0 Å². The maximum atomic E-state index is 12.2. The number of hydrogen-bond acceptors (Lipinski definition) is 3. The van der Waals surface area contributed by atoms with Gasteiger partial charge >= 0.3 is 6.36 Å². The van der Waals surface area contributed by atoms with E-state index in [1.54, 1.807) is 6.07 Å². The highest BCUT2D eigenvalue weighted by Gasteiger charge is 2.32. The second-order valence-corrected chi connectivity index (χ2v) is 3.30. The Morgan fingerprint density at radius 3 is 2.50 bits per heavy atom. The number of rotatable bonds is 6. The standard InChI is InChI=1S/C12H13F3O3/c1-3-9-4-5-10(17-7-6-16-2)11(8-9)18-12(13,14)15/h3-5,8H,1,6-7H2,2H3. The normalized spacial score (nSPS) is 11.1. The van der Waals surface area contributed by atoms with Gasteiger partial charge in [0.2, 0.25) is 0 Å². The Hall–Kier alpha value is -1.69. The lowest BCUT2D eigenvalue weighted by Crippen LogP contribution is -2.18. The zero-order chi connectivity index (χ0) is 13.6. The van der Waals surface area contributed by atoms with Gasteiger partial charge in [0, 0.05) is 7.11 Å². The molecule has 6 heteroatoms. The number of benzene rings is 1. The maximum Gasteiger partial charge on any atom is 0.573 e. The van der Waals surface area contributed by atoms with Crippen LogP contribution in [0.2, 0.25) is 0 Å². The average molecular weight is 262 g/mol. The van der Waals surface area contributed by atoms with Crippen molar-refractivity contribution in [1.29, 1.82) is 0 Å². The first-order valence-corrected chi connectivity index (χ1v) is 5.10. The summed E-state index contributed by atoms with van der Waals surface area (Å²) in [6, 6.07) is 4.19. The molecule has 0 heterocycles. The molecule has 0 amide bonds. The molecule has 0 aliphatic heterocycles. The lowest BCUT2D eigenvalue weighted by molar-refractivity contribution is -0.275. The highest BCUT2D eigenvalue weighted by molar-refractivity contribution is 5.54. The van der Waals surface area contributed by atoms with E-state index in [0.29, 0.717) is 5.56 Å². The fraction of sp³-hybridized carbons (Fsp3) is 0.333. The Morgan fingerprint density at radius 1 is 1.22 bits per heavy atom. The Bertz CT molecular complexity index is 402. The van der Waals surface area contributed by atoms with Gasteiger partial charge in [0.05, 0.1) is 6.61 Å². The predicted octanol–water partition coefficient (Wildman–Crippen LogP) is 3.25. The maximum absolute atomic E-state index is 12.2. The first-order valence-electron chi connectivity index (χ1n) is 5.10. The Balaban J connectivity index is 2.89. The van der Waals surface area contributed by atoms with Crippen LogP contribution in [-0.4, -0.2) is 26.7 Å². The van der Waals surface area contributed by atoms with Gasteiger partial charge in [-0.25, -0.2) is 0 Å². The van der Waals surface area contributed by atoms with E-state index in [-0.39, 0.29) is 19.0 Å². The quantitative estimate of drug-likeness (QED) is 0.736. The van der Waals surface area contributed by atoms with E-state index in [1.165, 1.54) is 25.3 Å². The summed E-state index contributed by atoms with van der Waals surface area (Å²) in [4.78, 5) is 0. The van der Waals surface area contributed by atoms with Crippen LogP contribution in [0.1, 0.15) is 5.56 Å². The van der Waals surface area contributed by atoms with Gasteiger partial charge in [-0.1, -0.05) is 18.7 Å². The molecule has 0 aromatic heterocycles. The van der Waals surface area contributed by atoms with Gasteiger partial charge < -0.3 is 14.2 Å². The van der Waals surface area contributed by atoms with Gasteiger partial charge in [-0.15, -0.1) is 13.2 Å². The molecule has 0 aliphatic carbocycles. The highest BCUT2D eigenvalue weighted by Crippen LogP contribution is 2.33. The zero-order valence-corrected chi connectivity index (χ0v) is 9.79. The minimum atomic E-state index is -4.76. The van der Waals surface area contributed by atoms with Crippen LogP contribution in [0.5, 0.6) is 11.5 Å². The molecule has 0 saturated carbocycles. The van der Waals surface area contributed by atoms with Gasteiger partial charge in [-0.2, -0.15) is 0 Å². The van der Waals surface area contributed by atoms with E-state index >= 15 is 0 Å². The summed E-state index contributed by atoms with van der Waals surface area (Å²) in [5, 5.41) is 0. The van der Waals surface area contributed by atoms with E-state index in [1.807, 2.05) is 0 Å². The fourth-order valence-electron chi connectivity index (χ4n) is 1.21. The van der Waals surface area contributed by atoms with Crippen molar-refractivity contribution in [3.8, 4) is 11.5 Å². The molecule has 0 aliphatic rings. The second kappa shape index (κ2) is 6.30. The number of alkyl halides is 3. The number of hydrogen-bond donors (Lipinski definition) is 0. The summed E-state index contributed by atoms with van der Waals surface area (Å²) in [7, 11) is 1.47. The van der Waals surface area contributed by atoms with Crippen molar-refractivity contribution in [2.45, 2.75) is 6.36 Å². The van der Waals surface area contributed by atoms with Crippen molar-refractivity contribution in [2.24, 2.45) is 0 Å². The molecule has 0 N–H and O–H groups in total. The summed E-state index contributed by atoms with van der Waals surface area (Å²) in [6.45, 7) is 3.89. The molecule has 0 spiro atoms. The van der Waals surface area contributed by atoms with Crippen LogP contribution in [-0.2, 0) is 4.74 Å². The minimum absolute atomic E-state index is 0.00924. The molecule has 0 saturated heterocycles. The predicted molar refractivity (Wildman–Crippen MR) is 60.6 cm³/mol. The molecule has 18 heavy (non-hydrogen) atoms. The SMILES string of the molecule is C=Cc1ccc(OCCOC)c(OC(F)(F)F)c1. The summed E-state index contributed by atoms with van der Waals surface area (Å²) in [5.41, 5.74) is 0.508. The first kappa shape index (κ1) is 14.4. The van der Waals surface area contributed by atoms with Crippen molar-refractivity contribution in [2.75, 3.05) is 20.3 Å². The van der Waals surface area contributed by atoms with E-state index in [9.17, 15) is 13.2 Å². The van der Waals surface area contributed by atoms with Crippen molar-refractivity contribution < 1.29 is 27.4 Å². The third-order valence-corrected chi connectivity index (χ3v) is 1.97. The molecule has 0 unspecified atom stereocenters. The molecular weight excluding hydrogens is 249 g/mol. The molecule has 0 fully saturated rings. The van der Waals surface area contributed by atoms with E-state index in [4.69, 9.17) is 9.47 Å². The van der Waals surface area contributed by atoms with Crippen LogP contribution in [0.15, 0.2) is 24.8 Å². The third kappa shape index (κ3) is 4.67. The molecule has 3 nitrogen and oxygen atoms in total. The zero-order valence-electron chi connectivity index (χ0n) is 9.79. The van der Waals surface area contributed by atoms with E-state index < -0.39 is 12.1 Å². The fourth-order valence-corrected chi connectivity index (χ4v) is 1.21. The molecule has 1 rings (SSSR count). The smallest absolute Gasteiger partial charge is 0.487 e. The molecule has 0 atom stereocenters.